The molecule has 5 N–H and O–H groups in total. The minimum atomic E-state index is 0. The molecule has 10 heteroatoms. The highest BCUT2D eigenvalue weighted by atomic mass is 32.2. The standard InChI is InChI=1S/C5H10N2.C5H11NO.C5H11NS.C4H9NOS.C2H5N.4CH4/c1-3-7-4-5(2)6;2*1-5(6)3-4-7-2;1-4(5)3-7-6-2;1-2-3;;;;/h3,6H,4H2,1-2H3;2*6H,3-4H2,1-2H3;5H,3H2,1-2H3;2-3H,1H3;4*1H4. The molecule has 0 bridgehead atoms. The van der Waals surface area contributed by atoms with E-state index in [0.717, 1.165) is 24.3 Å². The van der Waals surface area contributed by atoms with Crippen LogP contribution in [0.3, 0.4) is 0 Å². The maximum absolute atomic E-state index is 6.98. The zero-order valence-corrected chi connectivity index (χ0v) is 22.6. The third kappa shape index (κ3) is 143. The Morgan fingerprint density at radius 1 is 0.800 bits per heavy atom. The molecule has 0 saturated carbocycles. The van der Waals surface area contributed by atoms with Crippen LogP contribution in [0.1, 0.15) is 84.1 Å². The molecule has 0 aromatic carbocycles. The lowest BCUT2D eigenvalue weighted by Gasteiger charge is -1.92. The van der Waals surface area contributed by atoms with Crippen molar-refractivity contribution in [2.75, 3.05) is 45.1 Å². The van der Waals surface area contributed by atoms with E-state index in [0.29, 0.717) is 36.0 Å². The Bertz CT molecular complexity index is 432. The minimum absolute atomic E-state index is 0. The molecule has 0 aliphatic rings. The van der Waals surface area contributed by atoms with Crippen LogP contribution in [-0.4, -0.2) is 80.4 Å². The van der Waals surface area contributed by atoms with Crippen LogP contribution in [0.5, 0.6) is 0 Å². The van der Waals surface area contributed by atoms with Gasteiger partial charge >= 0.3 is 0 Å². The summed E-state index contributed by atoms with van der Waals surface area (Å²) in [5, 5.41) is 33.8. The number of hydrogen-bond donors (Lipinski definition) is 5. The first kappa shape index (κ1) is 59.0. The number of nitrogens with one attached hydrogen (secondary N) is 5. The molecular weight excluding hydrogens is 480 g/mol. The second kappa shape index (κ2) is 58.5. The molecule has 0 aliphatic heterocycles. The molecule has 0 saturated heterocycles. The second-order valence-electron chi connectivity index (χ2n) is 5.92. The number of nitrogens with zero attached hydrogens (tertiary/aromatic N) is 1. The Morgan fingerprint density at radius 3 is 1.34 bits per heavy atom. The van der Waals surface area contributed by atoms with Crippen molar-refractivity contribution in [1.82, 2.24) is 0 Å². The van der Waals surface area contributed by atoms with Crippen LogP contribution in [0.25, 0.3) is 0 Å². The molecule has 0 rings (SSSR count). The molecule has 0 heterocycles. The van der Waals surface area contributed by atoms with Gasteiger partial charge in [-0.05, 0) is 84.4 Å². The first-order valence-electron chi connectivity index (χ1n) is 9.69. The lowest BCUT2D eigenvalue weighted by Crippen LogP contribution is -1.94. The first-order chi connectivity index (χ1) is 14.5. The summed E-state index contributed by atoms with van der Waals surface area (Å²) in [4.78, 5) is 3.82. The molecule has 0 unspecified atom stereocenters. The van der Waals surface area contributed by atoms with Gasteiger partial charge in [0.15, 0.2) is 0 Å². The van der Waals surface area contributed by atoms with Crippen LogP contribution >= 0.6 is 23.8 Å². The van der Waals surface area contributed by atoms with Gasteiger partial charge in [-0.2, -0.15) is 11.8 Å². The van der Waals surface area contributed by atoms with Crippen LogP contribution < -0.4 is 0 Å². The number of ether oxygens (including phenoxy) is 1. The molecule has 0 radical (unpaired) electrons. The first-order valence-corrected chi connectivity index (χ1v) is 12.0. The van der Waals surface area contributed by atoms with E-state index in [-0.39, 0.29) is 29.7 Å². The van der Waals surface area contributed by atoms with Crippen molar-refractivity contribution in [3.8, 4) is 0 Å². The van der Waals surface area contributed by atoms with Crippen LogP contribution in [0.4, 0.5) is 0 Å². The van der Waals surface area contributed by atoms with Crippen molar-refractivity contribution in [3.05, 3.63) is 0 Å². The molecule has 8 nitrogen and oxygen atoms in total. The maximum Gasteiger partial charge on any atom is 0.0758 e. The van der Waals surface area contributed by atoms with E-state index in [1.54, 1.807) is 59.9 Å². The zero-order chi connectivity index (χ0) is 25.5. The molecule has 0 aromatic heterocycles. The number of methoxy groups -OCH3 is 1. The summed E-state index contributed by atoms with van der Waals surface area (Å²) < 4.78 is 9.34. The SMILES string of the molecule is C.C.C.C.CC=N.CC=NCC(C)=N.COCCC(C)=N.COSCC(C)=N.CSCCC(C)=N. The third-order valence-electron chi connectivity index (χ3n) is 2.27. The molecule has 0 spiro atoms. The van der Waals surface area contributed by atoms with Crippen LogP contribution in [0.2, 0.25) is 0 Å². The average molecular weight is 543 g/mol. The van der Waals surface area contributed by atoms with E-state index in [9.17, 15) is 0 Å². The van der Waals surface area contributed by atoms with Crippen molar-refractivity contribution >= 4 is 59.1 Å². The van der Waals surface area contributed by atoms with Crippen LogP contribution in [0.15, 0.2) is 4.99 Å². The van der Waals surface area contributed by atoms with Crippen molar-refractivity contribution in [2.24, 2.45) is 4.99 Å². The summed E-state index contributed by atoms with van der Waals surface area (Å²) in [7, 11) is 3.25. The van der Waals surface area contributed by atoms with Gasteiger partial charge in [0, 0.05) is 36.4 Å². The molecular formula is C25H62N6O2S2. The average Bonchev–Trinajstić information content (AvgIpc) is 2.69. The summed E-state index contributed by atoms with van der Waals surface area (Å²) in [6.07, 6.45) is 6.72. The smallest absolute Gasteiger partial charge is 0.0758 e. The Kier molecular flexibility index (Phi) is 98.6. The fraction of sp³-hybridized carbons (Fsp3) is 0.760. The summed E-state index contributed by atoms with van der Waals surface area (Å²) in [5.41, 5.74) is 2.72. The van der Waals surface area contributed by atoms with Crippen LogP contribution in [-0.2, 0) is 8.92 Å². The van der Waals surface area contributed by atoms with Gasteiger partial charge in [-0.1, -0.05) is 29.7 Å². The van der Waals surface area contributed by atoms with E-state index < -0.39 is 0 Å². The summed E-state index contributed by atoms with van der Waals surface area (Å²) in [6, 6.07) is 0. The van der Waals surface area contributed by atoms with Crippen LogP contribution in [0, 0.1) is 27.0 Å². The number of thioether (sulfide) groups is 1. The number of aliphatic imine (C=N–C) groups is 1. The Labute approximate surface area is 229 Å². The Balaban J connectivity index is -0.0000000342. The Morgan fingerprint density at radius 2 is 1.23 bits per heavy atom. The molecule has 0 atom stereocenters. The van der Waals surface area contributed by atoms with E-state index in [2.05, 4.69) is 15.4 Å². The van der Waals surface area contributed by atoms with Gasteiger partial charge < -0.3 is 36.0 Å². The predicted octanol–water partition coefficient (Wildman–Crippen LogP) is 8.48. The van der Waals surface area contributed by atoms with Gasteiger partial charge in [-0.25, -0.2) is 0 Å². The van der Waals surface area contributed by atoms with Crippen molar-refractivity contribution < 1.29 is 8.92 Å². The summed E-state index contributed by atoms with van der Waals surface area (Å²) in [5.74, 6) is 1.77. The molecule has 35 heavy (non-hydrogen) atoms. The minimum Gasteiger partial charge on any atom is -0.384 e. The van der Waals surface area contributed by atoms with E-state index in [4.69, 9.17) is 31.8 Å². The predicted molar refractivity (Wildman–Crippen MR) is 173 cm³/mol. The highest BCUT2D eigenvalue weighted by molar-refractivity contribution is 7.98. The van der Waals surface area contributed by atoms with Gasteiger partial charge in [0.25, 0.3) is 0 Å². The molecule has 0 aliphatic carbocycles. The lowest BCUT2D eigenvalue weighted by molar-refractivity contribution is 0.207. The largest absolute Gasteiger partial charge is 0.384 e. The van der Waals surface area contributed by atoms with Crippen molar-refractivity contribution in [2.45, 2.75) is 84.1 Å². The highest BCUT2D eigenvalue weighted by Gasteiger charge is 1.85. The molecule has 0 aromatic rings. The highest BCUT2D eigenvalue weighted by Crippen LogP contribution is 1.97. The molecule has 0 amide bonds. The van der Waals surface area contributed by atoms with Gasteiger partial charge in [0.05, 0.1) is 26.0 Å². The van der Waals surface area contributed by atoms with Gasteiger partial charge in [-0.15, -0.1) is 0 Å². The quantitative estimate of drug-likeness (QED) is 0.131. The third-order valence-corrected chi connectivity index (χ3v) is 3.67. The maximum atomic E-state index is 6.98. The fourth-order valence-corrected chi connectivity index (χ4v) is 1.69. The topological polar surface area (TPSA) is 150 Å². The van der Waals surface area contributed by atoms with Gasteiger partial charge in [-0.3, -0.25) is 4.99 Å². The zero-order valence-electron chi connectivity index (χ0n) is 21.0. The Hall–Kier alpha value is -1.36. The van der Waals surface area contributed by atoms with E-state index >= 15 is 0 Å². The van der Waals surface area contributed by atoms with E-state index in [1.165, 1.54) is 18.3 Å². The fourth-order valence-electron chi connectivity index (χ4n) is 0.886. The van der Waals surface area contributed by atoms with Crippen molar-refractivity contribution in [1.29, 1.82) is 27.0 Å². The second-order valence-corrected chi connectivity index (χ2v) is 7.77. The van der Waals surface area contributed by atoms with E-state index in [1.807, 2.05) is 13.8 Å². The number of hydrogen-bond acceptors (Lipinski definition) is 10. The lowest BCUT2D eigenvalue weighted by atomic mass is 10.3. The van der Waals surface area contributed by atoms with Gasteiger partial charge in [0.1, 0.15) is 0 Å². The van der Waals surface area contributed by atoms with Crippen molar-refractivity contribution in [3.63, 3.8) is 0 Å². The van der Waals surface area contributed by atoms with Gasteiger partial charge in [0.2, 0.25) is 0 Å². The summed E-state index contributed by atoms with van der Waals surface area (Å²) >= 11 is 3.08. The number of rotatable bonds is 11. The molecule has 0 fully saturated rings. The normalized spacial score (nSPS) is 7.69. The molecule has 216 valence electrons. The monoisotopic (exact) mass is 542 g/mol. The summed E-state index contributed by atoms with van der Waals surface area (Å²) in [6.45, 7) is 11.9.